The van der Waals surface area contributed by atoms with E-state index < -0.39 is 6.48 Å². The Morgan fingerprint density at radius 1 is 1.50 bits per heavy atom. The number of halogens is 1. The molecule has 0 aromatic rings. The smallest absolute Gasteiger partial charge is 0.307 e. The summed E-state index contributed by atoms with van der Waals surface area (Å²) in [6, 6.07) is 0. The van der Waals surface area contributed by atoms with Crippen LogP contribution in [-0.2, 0) is 14.3 Å². The molecule has 1 saturated heterocycles. The van der Waals surface area contributed by atoms with Gasteiger partial charge in [-0.05, 0) is 12.8 Å². The van der Waals surface area contributed by atoms with Crippen molar-refractivity contribution in [2.24, 2.45) is 0 Å². The van der Waals surface area contributed by atoms with E-state index in [0.29, 0.717) is 0 Å². The van der Waals surface area contributed by atoms with Crippen LogP contribution in [0.4, 0.5) is 4.39 Å². The van der Waals surface area contributed by atoms with Crippen molar-refractivity contribution < 1.29 is 18.7 Å². The van der Waals surface area contributed by atoms with Gasteiger partial charge >= 0.3 is 5.97 Å². The van der Waals surface area contributed by atoms with Crippen LogP contribution in [0.2, 0.25) is 0 Å². The highest BCUT2D eigenvalue weighted by Gasteiger charge is 2.21. The molecular formula is C9H16FNO3. The Labute approximate surface area is 83.0 Å². The number of methoxy groups -OCH3 is 1. The first-order valence-electron chi connectivity index (χ1n) is 4.80. The number of carbonyl (C=O) groups is 1. The van der Waals surface area contributed by atoms with Crippen LogP contribution in [-0.4, -0.2) is 44.2 Å². The Kier molecular flexibility index (Phi) is 4.82. The van der Waals surface area contributed by atoms with Gasteiger partial charge < -0.3 is 9.47 Å². The Bertz CT molecular complexity index is 183. The molecule has 5 heteroatoms. The topological polar surface area (TPSA) is 38.8 Å². The van der Waals surface area contributed by atoms with Crippen molar-refractivity contribution in [3.05, 3.63) is 0 Å². The number of likely N-dealkylation sites (tertiary alicyclic amines) is 1. The van der Waals surface area contributed by atoms with Crippen LogP contribution in [0.15, 0.2) is 0 Å². The van der Waals surface area contributed by atoms with Crippen molar-refractivity contribution in [2.75, 3.05) is 26.8 Å². The van der Waals surface area contributed by atoms with Crippen LogP contribution < -0.4 is 0 Å². The first-order chi connectivity index (χ1) is 6.74. The molecule has 0 N–H and O–H groups in total. The molecule has 0 amide bonds. The molecule has 0 bridgehead atoms. The Hall–Kier alpha value is -0.680. The third-order valence-corrected chi connectivity index (χ3v) is 2.22. The lowest BCUT2D eigenvalue weighted by molar-refractivity contribution is -0.152. The molecule has 0 aliphatic carbocycles. The number of rotatable bonds is 5. The minimum absolute atomic E-state index is 0.0737. The molecule has 0 saturated carbocycles. The monoisotopic (exact) mass is 205 g/mol. The number of nitrogens with zero attached hydrogens (tertiary/aromatic N) is 1. The normalized spacial score (nSPS) is 19.6. The Morgan fingerprint density at radius 2 is 2.14 bits per heavy atom. The van der Waals surface area contributed by atoms with Gasteiger partial charge in [-0.2, -0.15) is 4.39 Å². The molecule has 4 nitrogen and oxygen atoms in total. The van der Waals surface area contributed by atoms with E-state index in [2.05, 4.69) is 4.74 Å². The quantitative estimate of drug-likeness (QED) is 0.494. The van der Waals surface area contributed by atoms with Gasteiger partial charge in [0.2, 0.25) is 0 Å². The zero-order valence-corrected chi connectivity index (χ0v) is 8.37. The summed E-state index contributed by atoms with van der Waals surface area (Å²) in [4.78, 5) is 12.3. The summed E-state index contributed by atoms with van der Waals surface area (Å²) in [6.07, 6.45) is 2.13. The van der Waals surface area contributed by atoms with Crippen LogP contribution in [0.25, 0.3) is 0 Å². The number of esters is 1. The molecule has 0 radical (unpaired) electrons. The Balaban J connectivity index is 2.08. The molecule has 1 heterocycles. The molecule has 0 aromatic heterocycles. The summed E-state index contributed by atoms with van der Waals surface area (Å²) in [5, 5.41) is 0. The van der Waals surface area contributed by atoms with Gasteiger partial charge in [-0.3, -0.25) is 9.69 Å². The van der Waals surface area contributed by atoms with Crippen molar-refractivity contribution in [1.29, 1.82) is 0 Å². The zero-order chi connectivity index (χ0) is 10.4. The van der Waals surface area contributed by atoms with Gasteiger partial charge in [0.1, 0.15) is 0 Å². The van der Waals surface area contributed by atoms with E-state index in [1.807, 2.05) is 0 Å². The van der Waals surface area contributed by atoms with E-state index in [1.54, 1.807) is 4.90 Å². The molecule has 1 aliphatic rings. The first kappa shape index (κ1) is 11.4. The van der Waals surface area contributed by atoms with E-state index in [9.17, 15) is 9.18 Å². The fourth-order valence-electron chi connectivity index (χ4n) is 1.39. The van der Waals surface area contributed by atoms with Gasteiger partial charge in [0.25, 0.3) is 6.48 Å². The molecule has 1 fully saturated rings. The largest absolute Gasteiger partial charge is 0.469 e. The highest BCUT2D eigenvalue weighted by atomic mass is 19.1. The average molecular weight is 205 g/mol. The van der Waals surface area contributed by atoms with Gasteiger partial charge in [0.15, 0.2) is 0 Å². The summed E-state index contributed by atoms with van der Waals surface area (Å²) >= 11 is 0. The molecule has 1 rings (SSSR count). The molecular weight excluding hydrogens is 189 g/mol. The maximum absolute atomic E-state index is 13.2. The number of hydrogen-bond donors (Lipinski definition) is 0. The van der Waals surface area contributed by atoms with Crippen molar-refractivity contribution in [2.45, 2.75) is 25.7 Å². The highest BCUT2D eigenvalue weighted by molar-refractivity contribution is 5.69. The van der Waals surface area contributed by atoms with Crippen molar-refractivity contribution >= 4 is 5.97 Å². The van der Waals surface area contributed by atoms with Gasteiger partial charge in [0.05, 0.1) is 20.1 Å². The summed E-state index contributed by atoms with van der Waals surface area (Å²) in [7, 11) is 1.30. The second-order valence-electron chi connectivity index (χ2n) is 3.23. The fourth-order valence-corrected chi connectivity index (χ4v) is 1.39. The average Bonchev–Trinajstić information content (AvgIpc) is 2.70. The number of carbonyl (C=O) groups excluding carboxylic acids is 1. The van der Waals surface area contributed by atoms with Crippen LogP contribution in [0.1, 0.15) is 19.3 Å². The van der Waals surface area contributed by atoms with Gasteiger partial charge in [-0.15, -0.1) is 0 Å². The summed E-state index contributed by atoms with van der Waals surface area (Å²) in [5.74, 6) is -0.376. The van der Waals surface area contributed by atoms with Crippen molar-refractivity contribution in [3.63, 3.8) is 0 Å². The third kappa shape index (κ3) is 3.59. The van der Waals surface area contributed by atoms with Crippen molar-refractivity contribution in [1.82, 2.24) is 4.90 Å². The number of alkyl halides is 1. The second kappa shape index (κ2) is 5.93. The summed E-state index contributed by atoms with van der Waals surface area (Å²) < 4.78 is 22.5. The molecule has 0 spiro atoms. The maximum atomic E-state index is 13.2. The lowest BCUT2D eigenvalue weighted by Gasteiger charge is -2.19. The third-order valence-electron chi connectivity index (χ3n) is 2.22. The van der Waals surface area contributed by atoms with E-state index >= 15 is 0 Å². The van der Waals surface area contributed by atoms with E-state index in [-0.39, 0.29) is 19.0 Å². The van der Waals surface area contributed by atoms with E-state index in [1.165, 1.54) is 7.11 Å². The predicted octanol–water partition coefficient (Wildman–Crippen LogP) is 0.915. The van der Waals surface area contributed by atoms with Crippen molar-refractivity contribution in [3.8, 4) is 0 Å². The van der Waals surface area contributed by atoms with Crippen LogP contribution in [0.3, 0.4) is 0 Å². The van der Waals surface area contributed by atoms with E-state index in [0.717, 1.165) is 25.9 Å². The molecule has 1 unspecified atom stereocenters. The lowest BCUT2D eigenvalue weighted by atomic mass is 10.4. The molecule has 14 heavy (non-hydrogen) atoms. The van der Waals surface area contributed by atoms with Gasteiger partial charge in [0, 0.05) is 13.1 Å². The molecule has 1 aliphatic heterocycles. The van der Waals surface area contributed by atoms with Gasteiger partial charge in [-0.25, -0.2) is 0 Å². The minimum atomic E-state index is -1.37. The Morgan fingerprint density at radius 3 is 2.71 bits per heavy atom. The second-order valence-corrected chi connectivity index (χ2v) is 3.23. The first-order valence-corrected chi connectivity index (χ1v) is 4.80. The maximum Gasteiger partial charge on any atom is 0.307 e. The minimum Gasteiger partial charge on any atom is -0.469 e. The molecule has 82 valence electrons. The van der Waals surface area contributed by atoms with Crippen LogP contribution in [0, 0.1) is 0 Å². The van der Waals surface area contributed by atoms with Gasteiger partial charge in [-0.1, -0.05) is 0 Å². The molecule has 0 aromatic carbocycles. The number of hydrogen-bond acceptors (Lipinski definition) is 4. The molecule has 1 atom stereocenters. The SMILES string of the molecule is COC(=O)CCOC(F)N1CCCC1. The number of ether oxygens (including phenoxy) is 2. The lowest BCUT2D eigenvalue weighted by Crippen LogP contribution is -2.31. The zero-order valence-electron chi connectivity index (χ0n) is 8.37. The fraction of sp³-hybridized carbons (Fsp3) is 0.889. The van der Waals surface area contributed by atoms with E-state index in [4.69, 9.17) is 4.74 Å². The predicted molar refractivity (Wildman–Crippen MR) is 48.3 cm³/mol. The summed E-state index contributed by atoms with van der Waals surface area (Å²) in [6.45, 7) is 0.172. The highest BCUT2D eigenvalue weighted by Crippen LogP contribution is 2.13. The van der Waals surface area contributed by atoms with Crippen LogP contribution >= 0.6 is 0 Å². The van der Waals surface area contributed by atoms with Crippen LogP contribution in [0.5, 0.6) is 0 Å². The standard InChI is InChI=1S/C9H16FNO3/c1-13-8(12)4-7-14-9(10)11-5-2-3-6-11/h9H,2-7H2,1H3. The summed E-state index contributed by atoms with van der Waals surface area (Å²) in [5.41, 5.74) is 0.